The van der Waals surface area contributed by atoms with Crippen LogP contribution < -0.4 is 0 Å². The zero-order valence-electron chi connectivity index (χ0n) is 16.3. The van der Waals surface area contributed by atoms with Crippen LogP contribution in [-0.2, 0) is 17.8 Å². The van der Waals surface area contributed by atoms with Crippen molar-refractivity contribution in [1.82, 2.24) is 14.5 Å². The van der Waals surface area contributed by atoms with E-state index in [9.17, 15) is 4.79 Å². The molecule has 1 aliphatic rings. The number of carbonyl (C=O) groups is 1. The fourth-order valence-corrected chi connectivity index (χ4v) is 4.64. The van der Waals surface area contributed by atoms with Crippen LogP contribution in [0.15, 0.2) is 66.0 Å². The van der Waals surface area contributed by atoms with Gasteiger partial charge in [-0.25, -0.2) is 4.98 Å². The van der Waals surface area contributed by atoms with Crippen molar-refractivity contribution in [2.24, 2.45) is 0 Å². The number of hydrogen-bond donors (Lipinski definition) is 0. The summed E-state index contributed by atoms with van der Waals surface area (Å²) in [6, 6.07) is 18.3. The highest BCUT2D eigenvalue weighted by molar-refractivity contribution is 7.99. The van der Waals surface area contributed by atoms with Gasteiger partial charge in [-0.3, -0.25) is 4.79 Å². The molecule has 1 saturated heterocycles. The van der Waals surface area contributed by atoms with Crippen LogP contribution in [0.25, 0.3) is 11.3 Å². The summed E-state index contributed by atoms with van der Waals surface area (Å²) in [6.07, 6.45) is 5.04. The van der Waals surface area contributed by atoms with Gasteiger partial charge in [-0.15, -0.1) is 0 Å². The normalized spacial score (nSPS) is 13.8. The summed E-state index contributed by atoms with van der Waals surface area (Å²) >= 11 is 7.59. The van der Waals surface area contributed by atoms with Gasteiger partial charge in [-0.2, -0.15) is 0 Å². The first kappa shape index (κ1) is 20.0. The van der Waals surface area contributed by atoms with E-state index in [0.29, 0.717) is 5.75 Å². The standard InChI is InChI=1S/C23H24ClN3OS/c24-20-10-8-19(9-11-20)21-16-25-23(29-17-22(28)26-13-4-5-14-26)27(21)15-12-18-6-2-1-3-7-18/h1-3,6-11,16H,4-5,12-15,17H2. The average Bonchev–Trinajstić information content (AvgIpc) is 3.42. The lowest BCUT2D eigenvalue weighted by Crippen LogP contribution is -2.29. The van der Waals surface area contributed by atoms with Crippen LogP contribution >= 0.6 is 23.4 Å². The van der Waals surface area contributed by atoms with Crippen molar-refractivity contribution in [3.05, 3.63) is 71.4 Å². The SMILES string of the molecule is O=C(CSc1ncc(-c2ccc(Cl)cc2)n1CCc1ccccc1)N1CCCC1. The Morgan fingerprint density at radius 1 is 1.03 bits per heavy atom. The van der Waals surface area contributed by atoms with E-state index in [2.05, 4.69) is 33.8 Å². The monoisotopic (exact) mass is 425 g/mol. The van der Waals surface area contributed by atoms with Crippen LogP contribution in [0.4, 0.5) is 0 Å². The van der Waals surface area contributed by atoms with Crippen LogP contribution in [0.5, 0.6) is 0 Å². The lowest BCUT2D eigenvalue weighted by Gasteiger charge is -2.16. The molecule has 2 heterocycles. The van der Waals surface area contributed by atoms with Crippen LogP contribution in [0.1, 0.15) is 18.4 Å². The van der Waals surface area contributed by atoms with Gasteiger partial charge in [-0.1, -0.05) is 65.8 Å². The van der Waals surface area contributed by atoms with Crippen molar-refractivity contribution in [3.63, 3.8) is 0 Å². The maximum Gasteiger partial charge on any atom is 0.233 e. The molecule has 1 fully saturated rings. The molecule has 0 bridgehead atoms. The van der Waals surface area contributed by atoms with Gasteiger partial charge in [0.25, 0.3) is 0 Å². The number of amides is 1. The average molecular weight is 426 g/mol. The van der Waals surface area contributed by atoms with E-state index in [1.165, 1.54) is 17.3 Å². The number of halogens is 1. The lowest BCUT2D eigenvalue weighted by atomic mass is 10.1. The van der Waals surface area contributed by atoms with Crippen LogP contribution in [-0.4, -0.2) is 39.2 Å². The van der Waals surface area contributed by atoms with Crippen molar-refractivity contribution in [3.8, 4) is 11.3 Å². The number of benzene rings is 2. The molecule has 1 amide bonds. The zero-order chi connectivity index (χ0) is 20.1. The van der Waals surface area contributed by atoms with Gasteiger partial charge in [0.1, 0.15) is 0 Å². The smallest absolute Gasteiger partial charge is 0.233 e. The predicted molar refractivity (Wildman–Crippen MR) is 119 cm³/mol. The first-order chi connectivity index (χ1) is 14.2. The number of imidazole rings is 1. The van der Waals surface area contributed by atoms with Crippen molar-refractivity contribution in [2.45, 2.75) is 31.0 Å². The fourth-order valence-electron chi connectivity index (χ4n) is 3.61. The molecule has 0 atom stereocenters. The first-order valence-electron chi connectivity index (χ1n) is 9.97. The second kappa shape index (κ2) is 9.51. The Kier molecular flexibility index (Phi) is 6.57. The number of hydrogen-bond acceptors (Lipinski definition) is 3. The van der Waals surface area contributed by atoms with Gasteiger partial charge >= 0.3 is 0 Å². The Hall–Kier alpha value is -2.24. The highest BCUT2D eigenvalue weighted by atomic mass is 35.5. The third-order valence-electron chi connectivity index (χ3n) is 5.21. The van der Waals surface area contributed by atoms with E-state index in [0.717, 1.165) is 60.3 Å². The maximum absolute atomic E-state index is 12.5. The number of aromatic nitrogens is 2. The van der Waals surface area contributed by atoms with E-state index in [1.54, 1.807) is 0 Å². The molecule has 6 heteroatoms. The molecule has 0 unspecified atom stereocenters. The Balaban J connectivity index is 1.54. The minimum absolute atomic E-state index is 0.207. The molecule has 4 rings (SSSR count). The molecule has 0 N–H and O–H groups in total. The summed E-state index contributed by atoms with van der Waals surface area (Å²) in [6.45, 7) is 2.58. The second-order valence-electron chi connectivity index (χ2n) is 7.20. The number of carbonyl (C=O) groups excluding carboxylic acids is 1. The molecule has 0 spiro atoms. The third-order valence-corrected chi connectivity index (χ3v) is 6.44. The van der Waals surface area contributed by atoms with E-state index < -0.39 is 0 Å². The van der Waals surface area contributed by atoms with Crippen LogP contribution in [0.2, 0.25) is 5.02 Å². The van der Waals surface area contributed by atoms with Gasteiger partial charge in [0.2, 0.25) is 5.91 Å². The van der Waals surface area contributed by atoms with Gasteiger partial charge < -0.3 is 9.47 Å². The number of rotatable bonds is 7. The van der Waals surface area contributed by atoms with Crippen molar-refractivity contribution >= 4 is 29.3 Å². The van der Waals surface area contributed by atoms with Crippen molar-refractivity contribution in [1.29, 1.82) is 0 Å². The van der Waals surface area contributed by atoms with E-state index in [1.807, 2.05) is 41.4 Å². The maximum atomic E-state index is 12.5. The molecule has 4 nitrogen and oxygen atoms in total. The summed E-state index contributed by atoms with van der Waals surface area (Å²) in [5.74, 6) is 0.640. The zero-order valence-corrected chi connectivity index (χ0v) is 17.8. The molecule has 3 aromatic rings. The quantitative estimate of drug-likeness (QED) is 0.490. The first-order valence-corrected chi connectivity index (χ1v) is 11.3. The lowest BCUT2D eigenvalue weighted by molar-refractivity contribution is -0.127. The molecular formula is C23H24ClN3OS. The molecule has 0 aliphatic carbocycles. The predicted octanol–water partition coefficient (Wildman–Crippen LogP) is 5.16. The molecule has 0 saturated carbocycles. The topological polar surface area (TPSA) is 38.1 Å². The fraction of sp³-hybridized carbons (Fsp3) is 0.304. The number of likely N-dealkylation sites (tertiary alicyclic amines) is 1. The van der Waals surface area contributed by atoms with Crippen LogP contribution in [0.3, 0.4) is 0 Å². The number of nitrogens with zero attached hydrogens (tertiary/aromatic N) is 3. The summed E-state index contributed by atoms with van der Waals surface area (Å²) < 4.78 is 2.22. The molecule has 2 aromatic carbocycles. The van der Waals surface area contributed by atoms with E-state index in [4.69, 9.17) is 11.6 Å². The summed E-state index contributed by atoms with van der Waals surface area (Å²) in [4.78, 5) is 19.1. The Morgan fingerprint density at radius 2 is 1.76 bits per heavy atom. The molecular weight excluding hydrogens is 402 g/mol. The molecule has 1 aromatic heterocycles. The van der Waals surface area contributed by atoms with Gasteiger partial charge in [-0.05, 0) is 42.5 Å². The largest absolute Gasteiger partial charge is 0.342 e. The highest BCUT2D eigenvalue weighted by Gasteiger charge is 2.20. The van der Waals surface area contributed by atoms with Gasteiger partial charge in [0.15, 0.2) is 5.16 Å². The van der Waals surface area contributed by atoms with Crippen LogP contribution in [0, 0.1) is 0 Å². The molecule has 0 radical (unpaired) electrons. The summed E-state index contributed by atoms with van der Waals surface area (Å²) in [5.41, 5.74) is 3.41. The van der Waals surface area contributed by atoms with Crippen molar-refractivity contribution < 1.29 is 4.79 Å². The Labute approximate surface area is 180 Å². The Morgan fingerprint density at radius 3 is 2.48 bits per heavy atom. The minimum atomic E-state index is 0.207. The molecule has 29 heavy (non-hydrogen) atoms. The third kappa shape index (κ3) is 5.03. The second-order valence-corrected chi connectivity index (χ2v) is 8.58. The number of aryl methyl sites for hydroxylation is 1. The Bertz CT molecular complexity index is 950. The van der Waals surface area contributed by atoms with Gasteiger partial charge in [0.05, 0.1) is 17.6 Å². The molecule has 150 valence electrons. The van der Waals surface area contributed by atoms with Gasteiger partial charge in [0, 0.05) is 24.7 Å². The minimum Gasteiger partial charge on any atom is -0.342 e. The number of thioether (sulfide) groups is 1. The highest BCUT2D eigenvalue weighted by Crippen LogP contribution is 2.28. The van der Waals surface area contributed by atoms with E-state index >= 15 is 0 Å². The molecule has 1 aliphatic heterocycles. The van der Waals surface area contributed by atoms with Crippen molar-refractivity contribution in [2.75, 3.05) is 18.8 Å². The summed E-state index contributed by atoms with van der Waals surface area (Å²) in [5, 5.41) is 1.60. The van der Waals surface area contributed by atoms with E-state index in [-0.39, 0.29) is 5.91 Å². The summed E-state index contributed by atoms with van der Waals surface area (Å²) in [7, 11) is 0.